The summed E-state index contributed by atoms with van der Waals surface area (Å²) in [6.45, 7) is 0. The fourth-order valence-corrected chi connectivity index (χ4v) is 0.952. The molecule has 0 aliphatic heterocycles. The highest BCUT2D eigenvalue weighted by Crippen LogP contribution is 2.15. The summed E-state index contributed by atoms with van der Waals surface area (Å²) >= 11 is 0. The summed E-state index contributed by atoms with van der Waals surface area (Å²) in [6, 6.07) is 6.83. The molecule has 0 aliphatic carbocycles. The zero-order chi connectivity index (χ0) is 12.0. The van der Waals surface area contributed by atoms with E-state index >= 15 is 0 Å². The minimum atomic E-state index is -0.935. The minimum absolute atomic E-state index is 0.581. The summed E-state index contributed by atoms with van der Waals surface area (Å²) in [5.74, 6) is 3.59. The van der Waals surface area contributed by atoms with Crippen LogP contribution in [0.5, 0.6) is 5.75 Å². The third-order valence-electron chi connectivity index (χ3n) is 1.73. The predicted molar refractivity (Wildman–Crippen MR) is 57.1 cm³/mol. The molecule has 1 aromatic rings. The van der Waals surface area contributed by atoms with E-state index in [2.05, 4.69) is 10.9 Å². The van der Waals surface area contributed by atoms with E-state index in [1.165, 1.54) is 7.11 Å². The summed E-state index contributed by atoms with van der Waals surface area (Å²) in [7, 11) is 1.53. The van der Waals surface area contributed by atoms with Crippen molar-refractivity contribution in [3.63, 3.8) is 0 Å². The average molecular weight is 224 g/mol. The molecule has 86 valence electrons. The molecule has 0 atom stereocenters. The second-order valence-corrected chi connectivity index (χ2v) is 2.78. The highest BCUT2D eigenvalue weighted by molar-refractivity contribution is 6.35. The van der Waals surface area contributed by atoms with E-state index in [1.807, 2.05) is 0 Å². The second kappa shape index (κ2) is 5.56. The van der Waals surface area contributed by atoms with Gasteiger partial charge in [0.25, 0.3) is 0 Å². The molecule has 7 heteroatoms. The van der Waals surface area contributed by atoms with Crippen molar-refractivity contribution in [2.75, 3.05) is 12.5 Å². The molecule has 0 aliphatic rings. The number of benzene rings is 1. The highest BCUT2D eigenvalue weighted by Gasteiger charge is 2.10. The van der Waals surface area contributed by atoms with Crippen LogP contribution in [0.4, 0.5) is 5.69 Å². The van der Waals surface area contributed by atoms with Gasteiger partial charge in [0.05, 0.1) is 12.8 Å². The summed E-state index contributed by atoms with van der Waals surface area (Å²) in [5, 5.41) is 0. The standard InChI is InChI=1S/C9H12N4O3/c1-16-7-4-2-3-6(5-7)12-13-9(15)8(14)11-10/h2-5,12H,10H2,1H3,(H,11,14)(H,13,15). The van der Waals surface area contributed by atoms with Gasteiger partial charge in [-0.15, -0.1) is 0 Å². The quantitative estimate of drug-likeness (QED) is 0.231. The van der Waals surface area contributed by atoms with Crippen LogP contribution in [0.15, 0.2) is 24.3 Å². The van der Waals surface area contributed by atoms with E-state index in [-0.39, 0.29) is 0 Å². The normalized spacial score (nSPS) is 9.12. The fraction of sp³-hybridized carbons (Fsp3) is 0.111. The Labute approximate surface area is 91.9 Å². The number of rotatable bonds is 3. The van der Waals surface area contributed by atoms with Crippen LogP contribution in [0.2, 0.25) is 0 Å². The summed E-state index contributed by atoms with van der Waals surface area (Å²) in [6.07, 6.45) is 0. The Morgan fingerprint density at radius 2 is 2.06 bits per heavy atom. The molecule has 0 unspecified atom stereocenters. The molecule has 1 rings (SSSR count). The van der Waals surface area contributed by atoms with Gasteiger partial charge in [-0.05, 0) is 12.1 Å². The lowest BCUT2D eigenvalue weighted by Gasteiger charge is -2.08. The molecule has 0 radical (unpaired) electrons. The lowest BCUT2D eigenvalue weighted by molar-refractivity contribution is -0.138. The van der Waals surface area contributed by atoms with Crippen LogP contribution in [0.3, 0.4) is 0 Å². The monoisotopic (exact) mass is 224 g/mol. The third kappa shape index (κ3) is 3.14. The van der Waals surface area contributed by atoms with Gasteiger partial charge in [-0.2, -0.15) is 0 Å². The van der Waals surface area contributed by atoms with Crippen molar-refractivity contribution in [3.8, 4) is 5.75 Å². The smallest absolute Gasteiger partial charge is 0.328 e. The maximum absolute atomic E-state index is 11.0. The van der Waals surface area contributed by atoms with Crippen LogP contribution >= 0.6 is 0 Å². The first kappa shape index (κ1) is 11.8. The number of hydrogen-bond donors (Lipinski definition) is 4. The molecule has 0 heterocycles. The van der Waals surface area contributed by atoms with Gasteiger partial charge >= 0.3 is 11.8 Å². The Hall–Kier alpha value is -2.28. The van der Waals surface area contributed by atoms with Crippen molar-refractivity contribution in [1.29, 1.82) is 0 Å². The van der Waals surface area contributed by atoms with Crippen molar-refractivity contribution >= 4 is 17.5 Å². The zero-order valence-electron chi connectivity index (χ0n) is 8.61. The largest absolute Gasteiger partial charge is 0.497 e. The number of nitrogens with two attached hydrogens (primary N) is 1. The fourth-order valence-electron chi connectivity index (χ4n) is 0.952. The first-order valence-corrected chi connectivity index (χ1v) is 4.38. The lowest BCUT2D eigenvalue weighted by Crippen LogP contribution is -2.45. The van der Waals surface area contributed by atoms with E-state index in [0.29, 0.717) is 11.4 Å². The van der Waals surface area contributed by atoms with E-state index in [4.69, 9.17) is 10.6 Å². The van der Waals surface area contributed by atoms with Gasteiger partial charge in [0.15, 0.2) is 0 Å². The molecule has 1 aromatic carbocycles. The number of ether oxygens (including phenoxy) is 1. The van der Waals surface area contributed by atoms with Crippen molar-refractivity contribution < 1.29 is 14.3 Å². The molecular formula is C9H12N4O3. The van der Waals surface area contributed by atoms with Gasteiger partial charge in [0.2, 0.25) is 0 Å². The van der Waals surface area contributed by atoms with Gasteiger partial charge in [0.1, 0.15) is 5.75 Å². The van der Waals surface area contributed by atoms with Gasteiger partial charge in [-0.25, -0.2) is 5.84 Å². The van der Waals surface area contributed by atoms with Crippen molar-refractivity contribution in [2.45, 2.75) is 0 Å². The maximum Gasteiger partial charge on any atom is 0.328 e. The molecule has 0 aromatic heterocycles. The molecule has 2 amide bonds. The van der Waals surface area contributed by atoms with Crippen LogP contribution in [-0.4, -0.2) is 18.9 Å². The van der Waals surface area contributed by atoms with E-state index in [0.717, 1.165) is 0 Å². The van der Waals surface area contributed by atoms with Gasteiger partial charge in [0, 0.05) is 6.07 Å². The van der Waals surface area contributed by atoms with E-state index < -0.39 is 11.8 Å². The summed E-state index contributed by atoms with van der Waals surface area (Å²) in [4.78, 5) is 21.7. The van der Waals surface area contributed by atoms with Crippen molar-refractivity contribution in [1.82, 2.24) is 10.9 Å². The number of carbonyl (C=O) groups excluding carboxylic acids is 2. The number of nitrogens with one attached hydrogen (secondary N) is 3. The van der Waals surface area contributed by atoms with E-state index in [9.17, 15) is 9.59 Å². The third-order valence-corrected chi connectivity index (χ3v) is 1.73. The topological polar surface area (TPSA) is 105 Å². The van der Waals surface area contributed by atoms with E-state index in [1.54, 1.807) is 29.7 Å². The van der Waals surface area contributed by atoms with Crippen LogP contribution in [0, 0.1) is 0 Å². The molecule has 0 spiro atoms. The number of methoxy groups -OCH3 is 1. The Bertz CT molecular complexity index is 394. The van der Waals surface area contributed by atoms with Crippen LogP contribution in [0.1, 0.15) is 0 Å². The summed E-state index contributed by atoms with van der Waals surface area (Å²) in [5.41, 5.74) is 6.99. The summed E-state index contributed by atoms with van der Waals surface area (Å²) < 4.78 is 4.98. The number of hydrazine groups is 2. The Balaban J connectivity index is 2.54. The van der Waals surface area contributed by atoms with Crippen molar-refractivity contribution in [3.05, 3.63) is 24.3 Å². The maximum atomic E-state index is 11.0. The molecule has 7 nitrogen and oxygen atoms in total. The Morgan fingerprint density at radius 3 is 2.69 bits per heavy atom. The molecular weight excluding hydrogens is 212 g/mol. The average Bonchev–Trinajstić information content (AvgIpc) is 2.35. The lowest BCUT2D eigenvalue weighted by atomic mass is 10.3. The highest BCUT2D eigenvalue weighted by atomic mass is 16.5. The Kier molecular flexibility index (Phi) is 4.10. The molecule has 16 heavy (non-hydrogen) atoms. The second-order valence-electron chi connectivity index (χ2n) is 2.78. The van der Waals surface area contributed by atoms with Crippen molar-refractivity contribution in [2.24, 2.45) is 5.84 Å². The van der Waals surface area contributed by atoms with Crippen LogP contribution in [0.25, 0.3) is 0 Å². The van der Waals surface area contributed by atoms with Crippen LogP contribution < -0.4 is 26.9 Å². The number of carbonyl (C=O) groups is 2. The molecule has 5 N–H and O–H groups in total. The number of anilines is 1. The molecule has 0 bridgehead atoms. The first-order chi connectivity index (χ1) is 7.67. The zero-order valence-corrected chi connectivity index (χ0v) is 8.61. The molecule has 0 saturated heterocycles. The molecule has 0 fully saturated rings. The SMILES string of the molecule is COc1cccc(NNC(=O)C(=O)NN)c1. The predicted octanol–water partition coefficient (Wildman–Crippen LogP) is -0.872. The molecule has 0 saturated carbocycles. The number of amides is 2. The first-order valence-electron chi connectivity index (χ1n) is 4.38. The minimum Gasteiger partial charge on any atom is -0.497 e. The van der Waals surface area contributed by atoms with Crippen LogP contribution in [-0.2, 0) is 9.59 Å². The van der Waals surface area contributed by atoms with Gasteiger partial charge in [-0.3, -0.25) is 25.9 Å². The number of hydrogen-bond acceptors (Lipinski definition) is 5. The van der Waals surface area contributed by atoms with Gasteiger partial charge in [-0.1, -0.05) is 6.07 Å². The Morgan fingerprint density at radius 1 is 1.31 bits per heavy atom. The van der Waals surface area contributed by atoms with Gasteiger partial charge < -0.3 is 4.74 Å².